The van der Waals surface area contributed by atoms with Gasteiger partial charge in [-0.05, 0) is 42.5 Å². The molecule has 1 aromatic heterocycles. The molecule has 0 aliphatic carbocycles. The van der Waals surface area contributed by atoms with Gasteiger partial charge in [0.25, 0.3) is 11.8 Å². The number of hydrogen-bond acceptors (Lipinski definition) is 5. The Labute approximate surface area is 240 Å². The maximum atomic E-state index is 14.2. The number of carbonyl (C=O) groups excluding carboxylic acids is 3. The van der Waals surface area contributed by atoms with Crippen molar-refractivity contribution in [2.24, 2.45) is 0 Å². The number of hydrogen-bond donors (Lipinski definition) is 3. The van der Waals surface area contributed by atoms with Gasteiger partial charge < -0.3 is 15.4 Å². The zero-order valence-electron chi connectivity index (χ0n) is 22.5. The van der Waals surface area contributed by atoms with Gasteiger partial charge in [0.15, 0.2) is 0 Å². The van der Waals surface area contributed by atoms with Crippen LogP contribution in [0.5, 0.6) is 0 Å². The summed E-state index contributed by atoms with van der Waals surface area (Å²) in [5.41, 5.74) is 4.90. The second kappa shape index (κ2) is 10.4. The Morgan fingerprint density at radius 2 is 1.76 bits per heavy atom. The number of fused-ring (bicyclic) bond motifs is 4. The average molecular weight is 569 g/mol. The third-order valence-electron chi connectivity index (χ3n) is 7.77. The van der Waals surface area contributed by atoms with Crippen molar-refractivity contribution in [2.75, 3.05) is 16.9 Å². The van der Waals surface area contributed by atoms with Gasteiger partial charge in [-0.2, -0.15) is 11.8 Å². The van der Waals surface area contributed by atoms with Gasteiger partial charge in [0.1, 0.15) is 18.1 Å². The fourth-order valence-electron chi connectivity index (χ4n) is 5.83. The number of aryl methyl sites for hydroxylation is 1. The Kier molecular flexibility index (Phi) is 6.78. The van der Waals surface area contributed by atoms with Crippen LogP contribution in [0, 0.1) is 6.92 Å². The summed E-state index contributed by atoms with van der Waals surface area (Å²) < 4.78 is 0. The highest BCUT2D eigenvalue weighted by Crippen LogP contribution is 2.45. The van der Waals surface area contributed by atoms with Gasteiger partial charge in [0.2, 0.25) is 0 Å². The van der Waals surface area contributed by atoms with Crippen LogP contribution in [0.25, 0.3) is 10.9 Å². The van der Waals surface area contributed by atoms with E-state index in [-0.39, 0.29) is 17.0 Å². The summed E-state index contributed by atoms with van der Waals surface area (Å²) in [5, 5.41) is 13.1. The van der Waals surface area contributed by atoms with Crippen LogP contribution >= 0.6 is 11.8 Å². The number of carboxylic acids is 1. The molecule has 2 aliphatic rings. The van der Waals surface area contributed by atoms with Crippen molar-refractivity contribution in [3.63, 3.8) is 0 Å². The zero-order chi connectivity index (χ0) is 28.8. The lowest BCUT2D eigenvalue weighted by Gasteiger charge is -2.36. The number of nitrogens with one attached hydrogen (secondary N) is 2. The molecular weight excluding hydrogens is 540 g/mol. The fraction of sp³-hybridized carbons (Fsp3) is 0.226. The van der Waals surface area contributed by atoms with Gasteiger partial charge in [-0.3, -0.25) is 14.5 Å². The molecular formula is C31H28N4O5S. The maximum absolute atomic E-state index is 14.2. The first-order valence-electron chi connectivity index (χ1n) is 13.2. The molecule has 0 radical (unpaired) electrons. The summed E-state index contributed by atoms with van der Waals surface area (Å²) in [4.78, 5) is 59.5. The number of aromatic amines is 1. The Bertz CT molecular complexity index is 1700. The van der Waals surface area contributed by atoms with Crippen LogP contribution in [0.4, 0.5) is 10.5 Å². The Morgan fingerprint density at radius 3 is 2.49 bits per heavy atom. The number of urea groups is 1. The van der Waals surface area contributed by atoms with E-state index in [9.17, 15) is 24.3 Å². The number of aliphatic carboxylic acids is 1. The molecule has 0 unspecified atom stereocenters. The minimum atomic E-state index is -1.16. The molecule has 1 fully saturated rings. The molecule has 41 heavy (non-hydrogen) atoms. The number of carbonyl (C=O) groups is 4. The second-order valence-corrected chi connectivity index (χ2v) is 11.2. The summed E-state index contributed by atoms with van der Waals surface area (Å²) in [6, 6.07) is 19.1. The van der Waals surface area contributed by atoms with Gasteiger partial charge in [-0.15, -0.1) is 0 Å². The van der Waals surface area contributed by atoms with Crippen LogP contribution in [0.2, 0.25) is 0 Å². The van der Waals surface area contributed by atoms with E-state index >= 15 is 0 Å². The van der Waals surface area contributed by atoms with Gasteiger partial charge in [0, 0.05) is 28.8 Å². The monoisotopic (exact) mass is 568 g/mol. The van der Waals surface area contributed by atoms with Crippen molar-refractivity contribution in [1.82, 2.24) is 15.2 Å². The van der Waals surface area contributed by atoms with Crippen molar-refractivity contribution >= 4 is 52.2 Å². The molecule has 0 bridgehead atoms. The summed E-state index contributed by atoms with van der Waals surface area (Å²) in [7, 11) is 0. The van der Waals surface area contributed by atoms with Crippen LogP contribution in [-0.4, -0.2) is 62.9 Å². The van der Waals surface area contributed by atoms with E-state index in [1.54, 1.807) is 29.4 Å². The number of amides is 4. The minimum Gasteiger partial charge on any atom is -0.480 e. The van der Waals surface area contributed by atoms with Crippen LogP contribution in [0.3, 0.4) is 0 Å². The van der Waals surface area contributed by atoms with E-state index < -0.39 is 41.9 Å². The highest BCUT2D eigenvalue weighted by atomic mass is 32.2. The van der Waals surface area contributed by atoms with Crippen molar-refractivity contribution in [1.29, 1.82) is 0 Å². The Morgan fingerprint density at radius 1 is 1.05 bits per heavy atom. The second-order valence-electron chi connectivity index (χ2n) is 10.3. The molecule has 0 saturated carbocycles. The summed E-state index contributed by atoms with van der Waals surface area (Å²) >= 11 is 1.29. The largest absolute Gasteiger partial charge is 0.480 e. The van der Waals surface area contributed by atoms with Crippen LogP contribution in [0.15, 0.2) is 72.8 Å². The molecule has 10 heteroatoms. The summed E-state index contributed by atoms with van der Waals surface area (Å²) in [5.74, 6) is -2.09. The van der Waals surface area contributed by atoms with E-state index in [2.05, 4.69) is 10.3 Å². The lowest BCUT2D eigenvalue weighted by atomic mass is 9.88. The SMILES string of the molecule is CSC[C@H](NC(=O)c1ccccc1N1C(=O)[C@@H]2Cc3c([nH]c4ccccc34)[C@H](c3ccc(C)cc3)N2C1=O)C(=O)O. The molecule has 4 aromatic rings. The molecule has 3 N–H and O–H groups in total. The normalized spacial score (nSPS) is 18.8. The Balaban J connectivity index is 1.43. The molecule has 0 spiro atoms. The van der Waals surface area contributed by atoms with Crippen molar-refractivity contribution in [2.45, 2.75) is 31.5 Å². The van der Waals surface area contributed by atoms with Gasteiger partial charge in [-0.25, -0.2) is 14.5 Å². The number of H-pyrrole nitrogens is 1. The highest BCUT2D eigenvalue weighted by Gasteiger charge is 2.53. The maximum Gasteiger partial charge on any atom is 0.332 e. The van der Waals surface area contributed by atoms with Crippen molar-refractivity contribution < 1.29 is 24.3 Å². The Hall–Kier alpha value is -4.57. The van der Waals surface area contributed by atoms with E-state index in [1.165, 1.54) is 17.8 Å². The first-order chi connectivity index (χ1) is 19.8. The molecule has 3 atom stereocenters. The number of anilines is 1. The predicted molar refractivity (Wildman–Crippen MR) is 157 cm³/mol. The van der Waals surface area contributed by atoms with Crippen LogP contribution < -0.4 is 10.2 Å². The molecule has 3 aromatic carbocycles. The molecule has 4 amide bonds. The van der Waals surface area contributed by atoms with Gasteiger partial charge in [0.05, 0.1) is 11.3 Å². The molecule has 9 nitrogen and oxygen atoms in total. The van der Waals surface area contributed by atoms with Gasteiger partial charge in [-0.1, -0.05) is 60.2 Å². The topological polar surface area (TPSA) is 123 Å². The summed E-state index contributed by atoms with van der Waals surface area (Å²) in [6.45, 7) is 1.99. The van der Waals surface area contributed by atoms with E-state index in [1.807, 2.05) is 55.5 Å². The molecule has 2 aliphatic heterocycles. The first-order valence-corrected chi connectivity index (χ1v) is 14.6. The molecule has 1 saturated heterocycles. The third kappa shape index (κ3) is 4.44. The molecule has 3 heterocycles. The number of nitrogens with zero attached hydrogens (tertiary/aromatic N) is 2. The van der Waals surface area contributed by atoms with E-state index in [0.717, 1.165) is 38.2 Å². The lowest BCUT2D eigenvalue weighted by Crippen LogP contribution is -2.44. The number of para-hydroxylation sites is 2. The average Bonchev–Trinajstić information content (AvgIpc) is 3.46. The highest BCUT2D eigenvalue weighted by molar-refractivity contribution is 7.98. The number of imide groups is 1. The lowest BCUT2D eigenvalue weighted by molar-refractivity contribution is -0.138. The minimum absolute atomic E-state index is 0.0530. The third-order valence-corrected chi connectivity index (χ3v) is 8.44. The van der Waals surface area contributed by atoms with Crippen molar-refractivity contribution in [3.8, 4) is 0 Å². The zero-order valence-corrected chi connectivity index (χ0v) is 23.3. The smallest absolute Gasteiger partial charge is 0.332 e. The van der Waals surface area contributed by atoms with Crippen LogP contribution in [0.1, 0.15) is 38.8 Å². The number of aromatic nitrogens is 1. The van der Waals surface area contributed by atoms with Gasteiger partial charge >= 0.3 is 12.0 Å². The number of rotatable bonds is 7. The predicted octanol–water partition coefficient (Wildman–Crippen LogP) is 4.51. The molecule has 6 rings (SSSR count). The first kappa shape index (κ1) is 26.6. The number of benzene rings is 3. The quantitative estimate of drug-likeness (QED) is 0.282. The standard InChI is InChI=1S/C31H28N4O5S/c1-17-11-13-18(14-12-17)27-26-21(19-7-3-5-9-22(19)32-26)15-25-29(37)35(31(40)34(25)27)24-10-6-4-8-20(24)28(36)33-23(16-41-2)30(38)39/h3-14,23,25,27,32H,15-16H2,1-2H3,(H,33,36)(H,38,39)/t23-,25-,27-/m0/s1. The van der Waals surface area contributed by atoms with Crippen LogP contribution in [-0.2, 0) is 16.0 Å². The number of thioether (sulfide) groups is 1. The summed E-state index contributed by atoms with van der Waals surface area (Å²) in [6.07, 6.45) is 2.07. The van der Waals surface area contributed by atoms with Crippen molar-refractivity contribution in [3.05, 3.63) is 101 Å². The number of carboxylic acid groups (broad SMARTS) is 1. The fourth-order valence-corrected chi connectivity index (χ4v) is 6.39. The molecule has 208 valence electrons. The van der Waals surface area contributed by atoms with E-state index in [0.29, 0.717) is 6.42 Å². The van der Waals surface area contributed by atoms with E-state index in [4.69, 9.17) is 0 Å².